The number of ether oxygens (including phenoxy) is 1. The van der Waals surface area contributed by atoms with Gasteiger partial charge in [0.2, 0.25) is 0 Å². The number of nitrogens with one attached hydrogen (secondary N) is 1. The summed E-state index contributed by atoms with van der Waals surface area (Å²) in [6.45, 7) is 4.14. The molecule has 4 aromatic rings. The minimum absolute atomic E-state index is 0.287. The van der Waals surface area contributed by atoms with Crippen molar-refractivity contribution in [3.63, 3.8) is 0 Å². The SMILES string of the molecule is Cc1nnc(SCc2c(C(=O)Nc3ccnn3C[C@@H]3CCOC3)oc3ccccc23)s1. The van der Waals surface area contributed by atoms with E-state index in [1.807, 2.05) is 35.9 Å². The second kappa shape index (κ2) is 8.81. The Bertz CT molecular complexity index is 1210. The minimum Gasteiger partial charge on any atom is -0.451 e. The fourth-order valence-electron chi connectivity index (χ4n) is 3.63. The first-order chi connectivity index (χ1) is 15.2. The number of hydrogen-bond donors (Lipinski definition) is 1. The molecule has 1 saturated heterocycles. The van der Waals surface area contributed by atoms with E-state index >= 15 is 0 Å². The van der Waals surface area contributed by atoms with Crippen LogP contribution in [0.1, 0.15) is 27.5 Å². The molecule has 31 heavy (non-hydrogen) atoms. The highest BCUT2D eigenvalue weighted by atomic mass is 32.2. The van der Waals surface area contributed by atoms with Crippen molar-refractivity contribution in [2.75, 3.05) is 18.5 Å². The summed E-state index contributed by atoms with van der Waals surface area (Å²) in [5.41, 5.74) is 1.54. The van der Waals surface area contributed by atoms with Crippen molar-refractivity contribution in [1.29, 1.82) is 0 Å². The Kier molecular flexibility index (Phi) is 5.75. The van der Waals surface area contributed by atoms with E-state index in [0.29, 0.717) is 35.4 Å². The molecule has 0 aliphatic carbocycles. The van der Waals surface area contributed by atoms with Gasteiger partial charge in [-0.3, -0.25) is 4.79 Å². The number of thioether (sulfide) groups is 1. The molecule has 8 nitrogen and oxygen atoms in total. The van der Waals surface area contributed by atoms with E-state index in [2.05, 4.69) is 20.6 Å². The number of benzene rings is 1. The second-order valence-corrected chi connectivity index (χ2v) is 9.77. The van der Waals surface area contributed by atoms with Crippen LogP contribution < -0.4 is 5.32 Å². The van der Waals surface area contributed by atoms with Gasteiger partial charge in [-0.05, 0) is 19.4 Å². The van der Waals surface area contributed by atoms with Crippen LogP contribution in [0.4, 0.5) is 5.82 Å². The molecular weight excluding hydrogens is 434 g/mol. The summed E-state index contributed by atoms with van der Waals surface area (Å²) in [4.78, 5) is 13.2. The average Bonchev–Trinajstić information content (AvgIpc) is 3.55. The maximum atomic E-state index is 13.2. The number of furan rings is 1. The van der Waals surface area contributed by atoms with E-state index in [1.165, 1.54) is 11.3 Å². The number of fused-ring (bicyclic) bond motifs is 1. The predicted octanol–water partition coefficient (Wildman–Crippen LogP) is 4.37. The molecule has 3 aromatic heterocycles. The van der Waals surface area contributed by atoms with Crippen molar-refractivity contribution in [1.82, 2.24) is 20.0 Å². The number of hydrogen-bond acceptors (Lipinski definition) is 8. The minimum atomic E-state index is -0.287. The van der Waals surface area contributed by atoms with Gasteiger partial charge in [-0.2, -0.15) is 5.10 Å². The summed E-state index contributed by atoms with van der Waals surface area (Å²) in [7, 11) is 0. The maximum absolute atomic E-state index is 13.2. The fourth-order valence-corrected chi connectivity index (χ4v) is 5.47. The molecule has 1 aliphatic rings. The van der Waals surface area contributed by atoms with Crippen LogP contribution in [0.25, 0.3) is 11.0 Å². The summed E-state index contributed by atoms with van der Waals surface area (Å²) in [6, 6.07) is 9.49. The van der Waals surface area contributed by atoms with Gasteiger partial charge in [0.25, 0.3) is 5.91 Å². The molecule has 5 rings (SSSR count). The Morgan fingerprint density at radius 3 is 3.03 bits per heavy atom. The van der Waals surface area contributed by atoms with Crippen molar-refractivity contribution < 1.29 is 13.9 Å². The lowest BCUT2D eigenvalue weighted by atomic mass is 10.1. The number of aryl methyl sites for hydroxylation is 1. The van der Waals surface area contributed by atoms with Crippen LogP contribution in [0.2, 0.25) is 0 Å². The lowest BCUT2D eigenvalue weighted by Gasteiger charge is -2.12. The number of amides is 1. The van der Waals surface area contributed by atoms with Crippen molar-refractivity contribution in [3.8, 4) is 0 Å². The van der Waals surface area contributed by atoms with Gasteiger partial charge in [-0.25, -0.2) is 4.68 Å². The second-order valence-electron chi connectivity index (χ2n) is 7.36. The Morgan fingerprint density at radius 1 is 1.32 bits per heavy atom. The Labute approximate surface area is 187 Å². The molecule has 0 saturated carbocycles. The number of aromatic nitrogens is 4. The zero-order chi connectivity index (χ0) is 21.2. The fraction of sp³-hybridized carbons (Fsp3) is 0.333. The predicted molar refractivity (Wildman–Crippen MR) is 120 cm³/mol. The van der Waals surface area contributed by atoms with Gasteiger partial charge in [0, 0.05) is 41.8 Å². The number of carbonyl (C=O) groups is 1. The highest BCUT2D eigenvalue weighted by Gasteiger charge is 2.23. The lowest BCUT2D eigenvalue weighted by molar-refractivity contribution is 0.0996. The third-order valence-corrected chi connectivity index (χ3v) is 7.16. The summed E-state index contributed by atoms with van der Waals surface area (Å²) in [5, 5.41) is 17.4. The number of rotatable bonds is 7. The number of carbonyl (C=O) groups excluding carboxylic acids is 1. The molecule has 10 heteroatoms. The Balaban J connectivity index is 1.39. The van der Waals surface area contributed by atoms with E-state index in [0.717, 1.165) is 39.9 Å². The highest BCUT2D eigenvalue weighted by molar-refractivity contribution is 8.00. The summed E-state index contributed by atoms with van der Waals surface area (Å²) < 4.78 is 14.1. The molecule has 160 valence electrons. The quantitative estimate of drug-likeness (QED) is 0.413. The molecule has 1 N–H and O–H groups in total. The summed E-state index contributed by atoms with van der Waals surface area (Å²) in [6.07, 6.45) is 2.70. The van der Waals surface area contributed by atoms with Crippen molar-refractivity contribution in [2.24, 2.45) is 5.92 Å². The Morgan fingerprint density at radius 2 is 2.23 bits per heavy atom. The summed E-state index contributed by atoms with van der Waals surface area (Å²) >= 11 is 3.09. The highest BCUT2D eigenvalue weighted by Crippen LogP contribution is 2.33. The van der Waals surface area contributed by atoms with Crippen LogP contribution in [0.15, 0.2) is 45.3 Å². The van der Waals surface area contributed by atoms with Crippen molar-refractivity contribution in [2.45, 2.75) is 30.0 Å². The molecule has 0 unspecified atom stereocenters. The van der Waals surface area contributed by atoms with Gasteiger partial charge >= 0.3 is 0 Å². The number of para-hydroxylation sites is 1. The molecular formula is C21H21N5O3S2. The van der Waals surface area contributed by atoms with Crippen molar-refractivity contribution >= 4 is 45.8 Å². The van der Waals surface area contributed by atoms with Crippen LogP contribution in [0.3, 0.4) is 0 Å². The van der Waals surface area contributed by atoms with Gasteiger partial charge < -0.3 is 14.5 Å². The van der Waals surface area contributed by atoms with Crippen molar-refractivity contribution in [3.05, 3.63) is 52.9 Å². The largest absolute Gasteiger partial charge is 0.451 e. The van der Waals surface area contributed by atoms with Crippen LogP contribution in [0, 0.1) is 12.8 Å². The summed E-state index contributed by atoms with van der Waals surface area (Å²) in [5.74, 6) is 1.64. The monoisotopic (exact) mass is 455 g/mol. The zero-order valence-electron chi connectivity index (χ0n) is 16.9. The molecule has 1 aromatic carbocycles. The first-order valence-electron chi connectivity index (χ1n) is 10.0. The topological polar surface area (TPSA) is 95.1 Å². The van der Waals surface area contributed by atoms with E-state index in [4.69, 9.17) is 9.15 Å². The lowest BCUT2D eigenvalue weighted by Crippen LogP contribution is -2.19. The third-order valence-electron chi connectivity index (χ3n) is 5.17. The molecule has 1 aliphatic heterocycles. The van der Waals surface area contributed by atoms with Crippen LogP contribution in [0.5, 0.6) is 0 Å². The molecule has 0 spiro atoms. The molecule has 1 fully saturated rings. The molecule has 4 heterocycles. The normalized spacial score (nSPS) is 16.2. The standard InChI is InChI=1S/C21H21N5O3S2/c1-13-24-25-21(31-13)30-12-16-15-4-2-3-5-17(15)29-19(16)20(27)23-18-6-8-22-26(18)10-14-7-9-28-11-14/h2-6,8,14H,7,9-12H2,1H3,(H,23,27)/t14-/m0/s1. The van der Waals surface area contributed by atoms with Gasteiger partial charge in [0.05, 0.1) is 12.8 Å². The van der Waals surface area contributed by atoms with E-state index in [-0.39, 0.29) is 5.91 Å². The van der Waals surface area contributed by atoms with Crippen LogP contribution >= 0.6 is 23.1 Å². The van der Waals surface area contributed by atoms with Gasteiger partial charge in [-0.15, -0.1) is 10.2 Å². The van der Waals surface area contributed by atoms with Gasteiger partial charge in [0.15, 0.2) is 10.1 Å². The molecule has 1 amide bonds. The number of nitrogens with zero attached hydrogens (tertiary/aromatic N) is 4. The number of anilines is 1. The smallest absolute Gasteiger partial charge is 0.292 e. The van der Waals surface area contributed by atoms with E-state index < -0.39 is 0 Å². The van der Waals surface area contributed by atoms with E-state index in [1.54, 1.807) is 24.0 Å². The van der Waals surface area contributed by atoms with Gasteiger partial charge in [0.1, 0.15) is 16.4 Å². The first-order valence-corrected chi connectivity index (χ1v) is 11.8. The zero-order valence-corrected chi connectivity index (χ0v) is 18.5. The average molecular weight is 456 g/mol. The van der Waals surface area contributed by atoms with Gasteiger partial charge in [-0.1, -0.05) is 41.3 Å². The first kappa shape index (κ1) is 20.2. The molecule has 0 bridgehead atoms. The maximum Gasteiger partial charge on any atom is 0.292 e. The molecule has 1 atom stereocenters. The third kappa shape index (κ3) is 4.36. The van der Waals surface area contributed by atoms with Crippen LogP contribution in [-0.4, -0.2) is 39.1 Å². The van der Waals surface area contributed by atoms with E-state index in [9.17, 15) is 4.79 Å². The molecule has 0 radical (unpaired) electrons. The Hall–Kier alpha value is -2.69. The van der Waals surface area contributed by atoms with Crippen LogP contribution in [-0.2, 0) is 17.0 Å².